The number of nitriles is 1. The summed E-state index contributed by atoms with van der Waals surface area (Å²) in [5, 5.41) is 19.7. The largest absolute Gasteiger partial charge is 0.399 e. The number of anilines is 3. The minimum atomic E-state index is 0.520. The molecule has 0 spiro atoms. The Morgan fingerprint density at radius 3 is 2.68 bits per heavy atom. The summed E-state index contributed by atoms with van der Waals surface area (Å²) >= 11 is 0. The van der Waals surface area contributed by atoms with E-state index in [4.69, 9.17) is 5.73 Å². The van der Waals surface area contributed by atoms with Crippen molar-refractivity contribution in [1.29, 1.82) is 5.26 Å². The number of hydrogen-bond acceptors (Lipinski definition) is 4. The molecule has 5 nitrogen and oxygen atoms in total. The van der Waals surface area contributed by atoms with Crippen molar-refractivity contribution in [2.75, 3.05) is 11.1 Å². The fraction of sp³-hybridized carbons (Fsp3) is 0.0588. The van der Waals surface area contributed by atoms with Gasteiger partial charge in [-0.05, 0) is 29.8 Å². The molecule has 0 radical (unpaired) electrons. The molecule has 0 aliphatic heterocycles. The van der Waals surface area contributed by atoms with Crippen LogP contribution in [0.15, 0.2) is 54.6 Å². The SMILES string of the molecule is N#Cc1c(Nc2ccccc2)n[nH]c1Cc1cccc(N)c1. The topological polar surface area (TPSA) is 90.5 Å². The molecule has 0 fully saturated rings. The average molecular weight is 289 g/mol. The number of H-pyrrole nitrogens is 1. The van der Waals surface area contributed by atoms with E-state index < -0.39 is 0 Å². The molecule has 2 aromatic carbocycles. The quantitative estimate of drug-likeness (QED) is 0.643. The van der Waals surface area contributed by atoms with E-state index in [0.29, 0.717) is 23.5 Å². The Hall–Kier alpha value is -3.26. The minimum absolute atomic E-state index is 0.520. The number of nitrogens with two attached hydrogens (primary N) is 1. The van der Waals surface area contributed by atoms with Gasteiger partial charge in [-0.1, -0.05) is 30.3 Å². The van der Waals surface area contributed by atoms with Gasteiger partial charge >= 0.3 is 0 Å². The Morgan fingerprint density at radius 1 is 1.14 bits per heavy atom. The van der Waals surface area contributed by atoms with Gasteiger partial charge in [-0.25, -0.2) is 0 Å². The molecule has 0 bridgehead atoms. The van der Waals surface area contributed by atoms with Gasteiger partial charge in [-0.2, -0.15) is 10.4 Å². The molecule has 22 heavy (non-hydrogen) atoms. The zero-order valence-electron chi connectivity index (χ0n) is 11.9. The first-order valence-corrected chi connectivity index (χ1v) is 6.90. The van der Waals surface area contributed by atoms with E-state index in [1.165, 1.54) is 0 Å². The first-order valence-electron chi connectivity index (χ1n) is 6.90. The van der Waals surface area contributed by atoms with Gasteiger partial charge in [-0.3, -0.25) is 5.10 Å². The Balaban J connectivity index is 1.86. The second kappa shape index (κ2) is 6.02. The van der Waals surface area contributed by atoms with E-state index in [1.54, 1.807) is 0 Å². The number of benzene rings is 2. The Bertz CT molecular complexity index is 815. The summed E-state index contributed by atoms with van der Waals surface area (Å²) in [6.45, 7) is 0. The van der Waals surface area contributed by atoms with E-state index in [0.717, 1.165) is 16.9 Å². The van der Waals surface area contributed by atoms with Crippen LogP contribution in [0.5, 0.6) is 0 Å². The third kappa shape index (κ3) is 2.91. The molecular weight excluding hydrogens is 274 g/mol. The molecule has 1 aromatic heterocycles. The number of nitrogens with zero attached hydrogens (tertiary/aromatic N) is 2. The Kier molecular flexibility index (Phi) is 3.75. The number of nitrogens with one attached hydrogen (secondary N) is 2. The van der Waals surface area contributed by atoms with Gasteiger partial charge in [0.25, 0.3) is 0 Å². The van der Waals surface area contributed by atoms with Crippen molar-refractivity contribution in [3.8, 4) is 6.07 Å². The van der Waals surface area contributed by atoms with Gasteiger partial charge in [0.15, 0.2) is 5.82 Å². The van der Waals surface area contributed by atoms with Gasteiger partial charge < -0.3 is 11.1 Å². The number of aromatic amines is 1. The molecule has 0 amide bonds. The summed E-state index contributed by atoms with van der Waals surface area (Å²) in [4.78, 5) is 0. The number of rotatable bonds is 4. The van der Waals surface area contributed by atoms with Crippen molar-refractivity contribution in [3.05, 3.63) is 71.4 Å². The van der Waals surface area contributed by atoms with Crippen molar-refractivity contribution in [3.63, 3.8) is 0 Å². The van der Waals surface area contributed by atoms with Crippen LogP contribution >= 0.6 is 0 Å². The van der Waals surface area contributed by atoms with Crippen LogP contribution in [0.1, 0.15) is 16.8 Å². The molecule has 0 atom stereocenters. The number of nitrogen functional groups attached to an aromatic ring is 1. The highest BCUT2D eigenvalue weighted by atomic mass is 15.2. The molecule has 5 heteroatoms. The zero-order chi connectivity index (χ0) is 15.4. The molecule has 0 aliphatic rings. The van der Waals surface area contributed by atoms with Crippen molar-refractivity contribution in [1.82, 2.24) is 10.2 Å². The van der Waals surface area contributed by atoms with Gasteiger partial charge in [-0.15, -0.1) is 0 Å². The fourth-order valence-corrected chi connectivity index (χ4v) is 2.28. The summed E-state index contributed by atoms with van der Waals surface area (Å²) in [5.41, 5.74) is 9.71. The smallest absolute Gasteiger partial charge is 0.170 e. The number of aromatic nitrogens is 2. The maximum absolute atomic E-state index is 9.42. The van der Waals surface area contributed by atoms with Crippen LogP contribution in [0.4, 0.5) is 17.2 Å². The van der Waals surface area contributed by atoms with E-state index in [1.807, 2.05) is 54.6 Å². The summed E-state index contributed by atoms with van der Waals surface area (Å²) in [7, 11) is 0. The van der Waals surface area contributed by atoms with Crippen LogP contribution < -0.4 is 11.1 Å². The lowest BCUT2D eigenvalue weighted by atomic mass is 10.1. The van der Waals surface area contributed by atoms with Crippen molar-refractivity contribution in [2.24, 2.45) is 0 Å². The molecule has 0 aliphatic carbocycles. The Labute approximate surface area is 128 Å². The lowest BCUT2D eigenvalue weighted by Gasteiger charge is -2.03. The highest BCUT2D eigenvalue weighted by molar-refractivity contribution is 5.64. The Morgan fingerprint density at radius 2 is 1.95 bits per heavy atom. The molecule has 0 unspecified atom stereocenters. The average Bonchev–Trinajstić information content (AvgIpc) is 2.90. The summed E-state index contributed by atoms with van der Waals surface area (Å²) in [5.74, 6) is 0.535. The normalized spacial score (nSPS) is 10.1. The maximum Gasteiger partial charge on any atom is 0.170 e. The van der Waals surface area contributed by atoms with E-state index in [-0.39, 0.29) is 0 Å². The summed E-state index contributed by atoms with van der Waals surface area (Å²) < 4.78 is 0. The highest BCUT2D eigenvalue weighted by Crippen LogP contribution is 2.22. The van der Waals surface area contributed by atoms with Crippen LogP contribution in [-0.4, -0.2) is 10.2 Å². The standard InChI is InChI=1S/C17H15N5/c18-11-15-16(10-12-5-4-6-13(19)9-12)21-22-17(15)20-14-7-2-1-3-8-14/h1-9H,10,19H2,(H2,20,21,22). The molecule has 1 heterocycles. The van der Waals surface area contributed by atoms with E-state index >= 15 is 0 Å². The van der Waals surface area contributed by atoms with Crippen molar-refractivity contribution >= 4 is 17.2 Å². The summed E-state index contributed by atoms with van der Waals surface area (Å²) in [6.07, 6.45) is 0.581. The van der Waals surface area contributed by atoms with Gasteiger partial charge in [0.2, 0.25) is 0 Å². The first-order chi connectivity index (χ1) is 10.8. The monoisotopic (exact) mass is 289 g/mol. The van der Waals surface area contributed by atoms with Crippen molar-refractivity contribution < 1.29 is 0 Å². The molecule has 0 saturated heterocycles. The number of para-hydroxylation sites is 1. The second-order valence-electron chi connectivity index (χ2n) is 4.95. The number of hydrogen-bond donors (Lipinski definition) is 3. The van der Waals surface area contributed by atoms with Gasteiger partial charge in [0, 0.05) is 17.8 Å². The predicted octanol–water partition coefficient (Wildman–Crippen LogP) is 3.20. The third-order valence-corrected chi connectivity index (χ3v) is 3.32. The van der Waals surface area contributed by atoms with E-state index in [9.17, 15) is 5.26 Å². The predicted molar refractivity (Wildman–Crippen MR) is 86.7 cm³/mol. The molecule has 108 valence electrons. The summed E-state index contributed by atoms with van der Waals surface area (Å²) in [6, 6.07) is 19.5. The lowest BCUT2D eigenvalue weighted by Crippen LogP contribution is -1.95. The molecule has 0 saturated carbocycles. The van der Waals surface area contributed by atoms with Crippen LogP contribution in [0, 0.1) is 11.3 Å². The van der Waals surface area contributed by atoms with Gasteiger partial charge in [0.1, 0.15) is 11.6 Å². The van der Waals surface area contributed by atoms with Crippen molar-refractivity contribution in [2.45, 2.75) is 6.42 Å². The van der Waals surface area contributed by atoms with Crippen LogP contribution in [0.25, 0.3) is 0 Å². The lowest BCUT2D eigenvalue weighted by molar-refractivity contribution is 0.996. The van der Waals surface area contributed by atoms with E-state index in [2.05, 4.69) is 21.6 Å². The zero-order valence-corrected chi connectivity index (χ0v) is 11.9. The molecule has 4 N–H and O–H groups in total. The third-order valence-electron chi connectivity index (χ3n) is 3.32. The maximum atomic E-state index is 9.42. The first kappa shape index (κ1) is 13.7. The molecule has 3 aromatic rings. The van der Waals surface area contributed by atoms with Crippen LogP contribution in [0.3, 0.4) is 0 Å². The molecule has 3 rings (SSSR count). The molecular formula is C17H15N5. The minimum Gasteiger partial charge on any atom is -0.399 e. The van der Waals surface area contributed by atoms with Crippen LogP contribution in [0.2, 0.25) is 0 Å². The fourth-order valence-electron chi connectivity index (χ4n) is 2.28. The highest BCUT2D eigenvalue weighted by Gasteiger charge is 2.13. The second-order valence-corrected chi connectivity index (χ2v) is 4.95. The van der Waals surface area contributed by atoms with Gasteiger partial charge in [0.05, 0.1) is 5.69 Å². The van der Waals surface area contributed by atoms with Crippen LogP contribution in [-0.2, 0) is 6.42 Å².